The Morgan fingerprint density at radius 1 is 0.903 bits per heavy atom. The summed E-state index contributed by atoms with van der Waals surface area (Å²) < 4.78 is 16.9. The maximum Gasteiger partial charge on any atom is 0.126 e. The summed E-state index contributed by atoms with van der Waals surface area (Å²) in [6.45, 7) is 0.756. The second kappa shape index (κ2) is 9.86. The van der Waals surface area contributed by atoms with Gasteiger partial charge in [-0.1, -0.05) is 42.5 Å². The SMILES string of the molecule is COc1ccc(CCNC2CC(c3ccc(OC)cc3)Oc3ccccc3C2O)cc1. The molecule has 3 aromatic rings. The predicted octanol–water partition coefficient (Wildman–Crippen LogP) is 4.46. The Labute approximate surface area is 183 Å². The lowest BCUT2D eigenvalue weighted by molar-refractivity contribution is 0.112. The van der Waals surface area contributed by atoms with Crippen molar-refractivity contribution in [2.24, 2.45) is 0 Å². The lowest BCUT2D eigenvalue weighted by atomic mass is 9.95. The van der Waals surface area contributed by atoms with E-state index in [2.05, 4.69) is 17.4 Å². The molecule has 0 amide bonds. The average molecular weight is 420 g/mol. The number of nitrogens with one attached hydrogen (secondary N) is 1. The lowest BCUT2D eigenvalue weighted by Crippen LogP contribution is -2.37. The van der Waals surface area contributed by atoms with E-state index in [4.69, 9.17) is 14.2 Å². The molecule has 162 valence electrons. The highest BCUT2D eigenvalue weighted by molar-refractivity contribution is 5.39. The van der Waals surface area contributed by atoms with E-state index in [1.165, 1.54) is 5.56 Å². The van der Waals surface area contributed by atoms with Crippen LogP contribution < -0.4 is 19.5 Å². The number of benzene rings is 3. The third kappa shape index (κ3) is 5.01. The maximum absolute atomic E-state index is 11.1. The van der Waals surface area contributed by atoms with Crippen LogP contribution in [0.3, 0.4) is 0 Å². The van der Waals surface area contributed by atoms with Crippen LogP contribution in [-0.2, 0) is 6.42 Å². The molecule has 31 heavy (non-hydrogen) atoms. The van der Waals surface area contributed by atoms with Gasteiger partial charge in [-0.15, -0.1) is 0 Å². The molecular weight excluding hydrogens is 390 g/mol. The van der Waals surface area contributed by atoms with Crippen LogP contribution in [0.5, 0.6) is 17.2 Å². The van der Waals surface area contributed by atoms with Gasteiger partial charge in [0, 0.05) is 18.0 Å². The number of hydrogen-bond donors (Lipinski definition) is 2. The fourth-order valence-electron chi connectivity index (χ4n) is 4.02. The predicted molar refractivity (Wildman–Crippen MR) is 121 cm³/mol. The lowest BCUT2D eigenvalue weighted by Gasteiger charge is -2.24. The van der Waals surface area contributed by atoms with E-state index in [0.29, 0.717) is 6.42 Å². The smallest absolute Gasteiger partial charge is 0.126 e. The first-order chi connectivity index (χ1) is 15.2. The largest absolute Gasteiger partial charge is 0.497 e. The first-order valence-corrected chi connectivity index (χ1v) is 10.6. The Balaban J connectivity index is 1.50. The van der Waals surface area contributed by atoms with Crippen molar-refractivity contribution in [1.29, 1.82) is 0 Å². The molecule has 3 atom stereocenters. The topological polar surface area (TPSA) is 60.0 Å². The summed E-state index contributed by atoms with van der Waals surface area (Å²) in [5.41, 5.74) is 3.10. The zero-order valence-corrected chi connectivity index (χ0v) is 18.0. The molecule has 2 N–H and O–H groups in total. The third-order valence-electron chi connectivity index (χ3n) is 5.82. The van der Waals surface area contributed by atoms with E-state index in [0.717, 1.165) is 41.3 Å². The summed E-state index contributed by atoms with van der Waals surface area (Å²) in [6, 6.07) is 23.6. The first-order valence-electron chi connectivity index (χ1n) is 10.6. The van der Waals surface area contributed by atoms with Crippen LogP contribution in [0.1, 0.15) is 35.3 Å². The van der Waals surface area contributed by atoms with Crippen LogP contribution in [0.15, 0.2) is 72.8 Å². The normalized spacial score (nSPS) is 20.3. The molecule has 5 nitrogen and oxygen atoms in total. The van der Waals surface area contributed by atoms with Crippen LogP contribution >= 0.6 is 0 Å². The highest BCUT2D eigenvalue weighted by Crippen LogP contribution is 2.38. The molecule has 0 saturated carbocycles. The molecule has 0 aromatic heterocycles. The minimum absolute atomic E-state index is 0.131. The van der Waals surface area contributed by atoms with Gasteiger partial charge in [0.1, 0.15) is 23.4 Å². The number of para-hydroxylation sites is 1. The van der Waals surface area contributed by atoms with E-state index in [9.17, 15) is 5.11 Å². The zero-order valence-electron chi connectivity index (χ0n) is 18.0. The summed E-state index contributed by atoms with van der Waals surface area (Å²) >= 11 is 0. The quantitative estimate of drug-likeness (QED) is 0.592. The average Bonchev–Trinajstić information content (AvgIpc) is 2.96. The summed E-state index contributed by atoms with van der Waals surface area (Å²) in [5, 5.41) is 14.7. The van der Waals surface area contributed by atoms with Crippen molar-refractivity contribution in [1.82, 2.24) is 5.32 Å². The Bertz CT molecular complexity index is 971. The van der Waals surface area contributed by atoms with E-state index in [1.54, 1.807) is 14.2 Å². The minimum atomic E-state index is -0.643. The number of ether oxygens (including phenoxy) is 3. The Kier molecular flexibility index (Phi) is 6.75. The molecular formula is C26H29NO4. The van der Waals surface area contributed by atoms with Crippen molar-refractivity contribution in [2.75, 3.05) is 20.8 Å². The summed E-state index contributed by atoms with van der Waals surface area (Å²) in [6.07, 6.45) is 0.714. The van der Waals surface area contributed by atoms with E-state index in [1.807, 2.05) is 60.7 Å². The van der Waals surface area contributed by atoms with Gasteiger partial charge in [0.05, 0.1) is 20.3 Å². The van der Waals surface area contributed by atoms with Crippen molar-refractivity contribution < 1.29 is 19.3 Å². The number of fused-ring (bicyclic) bond motifs is 1. The standard InChI is InChI=1S/C26H29NO4/c1-29-20-11-7-18(8-12-20)15-16-27-23-17-25(19-9-13-21(30-2)14-10-19)31-24-6-4-3-5-22(24)26(23)28/h3-14,23,25-28H,15-17H2,1-2H3. The van der Waals surface area contributed by atoms with Crippen LogP contribution in [0.4, 0.5) is 0 Å². The van der Waals surface area contributed by atoms with Crippen molar-refractivity contribution in [3.63, 3.8) is 0 Å². The molecule has 4 rings (SSSR count). The van der Waals surface area contributed by atoms with Crippen molar-refractivity contribution >= 4 is 0 Å². The highest BCUT2D eigenvalue weighted by atomic mass is 16.5. The molecule has 0 saturated heterocycles. The highest BCUT2D eigenvalue weighted by Gasteiger charge is 2.32. The van der Waals surface area contributed by atoms with Gasteiger partial charge in [-0.25, -0.2) is 0 Å². The van der Waals surface area contributed by atoms with Crippen molar-refractivity contribution in [3.8, 4) is 17.2 Å². The van der Waals surface area contributed by atoms with E-state index < -0.39 is 6.10 Å². The third-order valence-corrected chi connectivity index (χ3v) is 5.82. The first kappa shape index (κ1) is 21.2. The second-order valence-corrected chi connectivity index (χ2v) is 7.76. The minimum Gasteiger partial charge on any atom is -0.497 e. The van der Waals surface area contributed by atoms with Gasteiger partial charge in [0.15, 0.2) is 0 Å². The number of aliphatic hydroxyl groups is 1. The second-order valence-electron chi connectivity index (χ2n) is 7.76. The number of methoxy groups -OCH3 is 2. The Morgan fingerprint density at radius 2 is 1.55 bits per heavy atom. The Hall–Kier alpha value is -3.02. The van der Waals surface area contributed by atoms with Crippen molar-refractivity contribution in [2.45, 2.75) is 31.1 Å². The molecule has 0 radical (unpaired) electrons. The van der Waals surface area contributed by atoms with Crippen LogP contribution in [-0.4, -0.2) is 31.9 Å². The van der Waals surface area contributed by atoms with Gasteiger partial charge in [-0.05, 0) is 54.4 Å². The number of aliphatic hydroxyl groups excluding tert-OH is 1. The van der Waals surface area contributed by atoms with Crippen LogP contribution in [0, 0.1) is 0 Å². The van der Waals surface area contributed by atoms with E-state index >= 15 is 0 Å². The zero-order chi connectivity index (χ0) is 21.6. The van der Waals surface area contributed by atoms with Gasteiger partial charge in [0.25, 0.3) is 0 Å². The van der Waals surface area contributed by atoms with Crippen LogP contribution in [0.25, 0.3) is 0 Å². The molecule has 1 aliphatic rings. The van der Waals surface area contributed by atoms with Gasteiger partial charge >= 0.3 is 0 Å². The van der Waals surface area contributed by atoms with Gasteiger partial charge in [-0.2, -0.15) is 0 Å². The van der Waals surface area contributed by atoms with Gasteiger partial charge in [-0.3, -0.25) is 0 Å². The maximum atomic E-state index is 11.1. The van der Waals surface area contributed by atoms with Gasteiger partial charge in [0.2, 0.25) is 0 Å². The van der Waals surface area contributed by atoms with Gasteiger partial charge < -0.3 is 24.6 Å². The molecule has 3 aromatic carbocycles. The van der Waals surface area contributed by atoms with E-state index in [-0.39, 0.29) is 12.1 Å². The van der Waals surface area contributed by atoms with Crippen LogP contribution in [0.2, 0.25) is 0 Å². The molecule has 1 aliphatic heterocycles. The fourth-order valence-corrected chi connectivity index (χ4v) is 4.02. The Morgan fingerprint density at radius 3 is 2.23 bits per heavy atom. The molecule has 0 bridgehead atoms. The van der Waals surface area contributed by atoms with Crippen molar-refractivity contribution in [3.05, 3.63) is 89.5 Å². The summed E-state index contributed by atoms with van der Waals surface area (Å²) in [7, 11) is 3.33. The summed E-state index contributed by atoms with van der Waals surface area (Å²) in [4.78, 5) is 0. The fraction of sp³-hybridized carbons (Fsp3) is 0.308. The molecule has 0 aliphatic carbocycles. The molecule has 5 heteroatoms. The summed E-state index contributed by atoms with van der Waals surface area (Å²) in [5.74, 6) is 2.40. The number of hydrogen-bond acceptors (Lipinski definition) is 5. The molecule has 1 heterocycles. The monoisotopic (exact) mass is 419 g/mol. The number of rotatable bonds is 7. The molecule has 3 unspecified atom stereocenters. The molecule has 0 fully saturated rings. The molecule has 0 spiro atoms.